The van der Waals surface area contributed by atoms with Crippen molar-refractivity contribution in [3.05, 3.63) is 62.5 Å². The zero-order chi connectivity index (χ0) is 15.4. The van der Waals surface area contributed by atoms with Gasteiger partial charge in [-0.2, -0.15) is 0 Å². The molecule has 0 bridgehead atoms. The van der Waals surface area contributed by atoms with Crippen LogP contribution < -0.4 is 10.5 Å². The highest BCUT2D eigenvalue weighted by Gasteiger charge is 2.22. The minimum atomic E-state index is -0.299. The molecule has 2 aromatic carbocycles. The van der Waals surface area contributed by atoms with Crippen LogP contribution in [0.25, 0.3) is 0 Å². The molecular formula is C16H16BrCl2NO. The van der Waals surface area contributed by atoms with Crippen LogP contribution in [-0.4, -0.2) is 6.04 Å². The molecule has 0 aliphatic carbocycles. The molecule has 2 aromatic rings. The fourth-order valence-corrected chi connectivity index (χ4v) is 2.92. The lowest BCUT2D eigenvalue weighted by Crippen LogP contribution is -2.31. The third-order valence-corrected chi connectivity index (χ3v) is 4.21. The van der Waals surface area contributed by atoms with Gasteiger partial charge in [-0.15, -0.1) is 0 Å². The fourth-order valence-electron chi connectivity index (χ4n) is 2.01. The van der Waals surface area contributed by atoms with E-state index >= 15 is 0 Å². The van der Waals surface area contributed by atoms with Gasteiger partial charge in [-0.25, -0.2) is 0 Å². The van der Waals surface area contributed by atoms with E-state index in [2.05, 4.69) is 15.9 Å². The van der Waals surface area contributed by atoms with Crippen LogP contribution in [0.3, 0.4) is 0 Å². The van der Waals surface area contributed by atoms with Crippen molar-refractivity contribution in [1.29, 1.82) is 0 Å². The first kappa shape index (κ1) is 16.6. The molecule has 0 aliphatic rings. The Balaban J connectivity index is 2.33. The van der Waals surface area contributed by atoms with Crippen molar-refractivity contribution >= 4 is 39.1 Å². The van der Waals surface area contributed by atoms with Crippen LogP contribution in [0.15, 0.2) is 46.9 Å². The number of hydrogen-bond donors (Lipinski definition) is 1. The first-order valence-electron chi connectivity index (χ1n) is 6.64. The largest absolute Gasteiger partial charge is 0.483 e. The number of ether oxygens (including phenoxy) is 1. The molecule has 0 aliphatic heterocycles. The SMILES string of the molecule is CCC(N)C(Oc1ccc(Br)cc1Cl)c1cccc(Cl)c1. The van der Waals surface area contributed by atoms with Gasteiger partial charge in [0.2, 0.25) is 0 Å². The fraction of sp³-hybridized carbons (Fsp3) is 0.250. The summed E-state index contributed by atoms with van der Waals surface area (Å²) in [7, 11) is 0. The molecule has 2 unspecified atom stereocenters. The molecule has 0 aromatic heterocycles. The van der Waals surface area contributed by atoms with Gasteiger partial charge in [0.25, 0.3) is 0 Å². The topological polar surface area (TPSA) is 35.2 Å². The standard InChI is InChI=1S/C16H16BrCl2NO/c1-2-14(20)16(10-4-3-5-12(18)8-10)21-15-7-6-11(17)9-13(15)19/h3-9,14,16H,2,20H2,1H3. The van der Waals surface area contributed by atoms with E-state index in [1.807, 2.05) is 43.3 Å². The van der Waals surface area contributed by atoms with Crippen LogP contribution in [0.5, 0.6) is 5.75 Å². The van der Waals surface area contributed by atoms with Crippen LogP contribution in [0.4, 0.5) is 0 Å². The van der Waals surface area contributed by atoms with Gasteiger partial charge in [0.05, 0.1) is 5.02 Å². The number of benzene rings is 2. The Morgan fingerprint density at radius 1 is 1.19 bits per heavy atom. The molecule has 2 nitrogen and oxygen atoms in total. The van der Waals surface area contributed by atoms with E-state index in [1.54, 1.807) is 6.07 Å². The maximum Gasteiger partial charge on any atom is 0.139 e. The van der Waals surface area contributed by atoms with Crippen LogP contribution in [0.2, 0.25) is 10.0 Å². The molecule has 0 amide bonds. The summed E-state index contributed by atoms with van der Waals surface area (Å²) in [5, 5.41) is 1.20. The lowest BCUT2D eigenvalue weighted by Gasteiger charge is -2.25. The molecule has 5 heteroatoms. The third-order valence-electron chi connectivity index (χ3n) is 3.19. The van der Waals surface area contributed by atoms with Crippen LogP contribution in [0.1, 0.15) is 25.0 Å². The maximum absolute atomic E-state index is 6.22. The van der Waals surface area contributed by atoms with E-state index in [-0.39, 0.29) is 12.1 Å². The summed E-state index contributed by atoms with van der Waals surface area (Å²) < 4.78 is 6.96. The summed E-state index contributed by atoms with van der Waals surface area (Å²) in [6.07, 6.45) is 0.484. The Labute approximate surface area is 143 Å². The average Bonchev–Trinajstić information content (AvgIpc) is 2.45. The molecule has 0 saturated carbocycles. The van der Waals surface area contributed by atoms with Gasteiger partial charge < -0.3 is 10.5 Å². The number of halogens is 3. The summed E-state index contributed by atoms with van der Waals surface area (Å²) in [5.41, 5.74) is 7.15. The van der Waals surface area contributed by atoms with Crippen LogP contribution in [-0.2, 0) is 0 Å². The van der Waals surface area contributed by atoms with E-state index in [4.69, 9.17) is 33.7 Å². The van der Waals surface area contributed by atoms with Gasteiger partial charge in [0.15, 0.2) is 0 Å². The van der Waals surface area contributed by atoms with Gasteiger partial charge in [0.1, 0.15) is 11.9 Å². The Hall–Kier alpha value is -0.740. The molecule has 21 heavy (non-hydrogen) atoms. The highest BCUT2D eigenvalue weighted by Crippen LogP contribution is 2.33. The minimum Gasteiger partial charge on any atom is -0.483 e. The Kier molecular flexibility index (Phi) is 5.94. The van der Waals surface area contributed by atoms with Gasteiger partial charge in [-0.3, -0.25) is 0 Å². The summed E-state index contributed by atoms with van der Waals surface area (Å²) in [6.45, 7) is 2.02. The van der Waals surface area contributed by atoms with Crippen molar-refractivity contribution in [2.75, 3.05) is 0 Å². The monoisotopic (exact) mass is 387 g/mol. The summed E-state index contributed by atoms with van der Waals surface area (Å²) in [4.78, 5) is 0. The van der Waals surface area contributed by atoms with Gasteiger partial charge >= 0.3 is 0 Å². The quantitative estimate of drug-likeness (QED) is 0.721. The molecule has 0 saturated heterocycles. The van der Waals surface area contributed by atoms with Crippen LogP contribution in [0, 0.1) is 0 Å². The molecule has 0 spiro atoms. The summed E-state index contributed by atoms with van der Waals surface area (Å²) >= 11 is 15.7. The van der Waals surface area contributed by atoms with E-state index in [0.29, 0.717) is 15.8 Å². The zero-order valence-corrected chi connectivity index (χ0v) is 14.6. The lowest BCUT2D eigenvalue weighted by atomic mass is 10.0. The molecule has 2 rings (SSSR count). The van der Waals surface area contributed by atoms with E-state index in [9.17, 15) is 0 Å². The first-order chi connectivity index (χ1) is 10.0. The molecule has 2 N–H and O–H groups in total. The lowest BCUT2D eigenvalue weighted by molar-refractivity contribution is 0.171. The highest BCUT2D eigenvalue weighted by molar-refractivity contribution is 9.10. The molecule has 112 valence electrons. The number of hydrogen-bond acceptors (Lipinski definition) is 2. The van der Waals surface area contributed by atoms with Gasteiger partial charge in [-0.1, -0.05) is 58.2 Å². The van der Waals surface area contributed by atoms with Crippen molar-refractivity contribution in [3.63, 3.8) is 0 Å². The van der Waals surface area contributed by atoms with E-state index in [1.165, 1.54) is 0 Å². The summed E-state index contributed by atoms with van der Waals surface area (Å²) in [6, 6.07) is 12.9. The third kappa shape index (κ3) is 4.36. The number of nitrogens with two attached hydrogens (primary N) is 1. The number of rotatable bonds is 5. The molecule has 2 atom stereocenters. The first-order valence-corrected chi connectivity index (χ1v) is 8.19. The second-order valence-electron chi connectivity index (χ2n) is 4.74. The molecule has 0 radical (unpaired) electrons. The zero-order valence-electron chi connectivity index (χ0n) is 11.5. The van der Waals surface area contributed by atoms with Crippen molar-refractivity contribution < 1.29 is 4.74 Å². The predicted octanol–water partition coefficient (Wildman–Crippen LogP) is 5.61. The van der Waals surface area contributed by atoms with E-state index < -0.39 is 0 Å². The van der Waals surface area contributed by atoms with Gasteiger partial charge in [-0.05, 0) is 42.3 Å². The molecule has 0 heterocycles. The second kappa shape index (κ2) is 7.50. The second-order valence-corrected chi connectivity index (χ2v) is 6.50. The van der Waals surface area contributed by atoms with Crippen LogP contribution >= 0.6 is 39.1 Å². The Morgan fingerprint density at radius 3 is 2.57 bits per heavy atom. The smallest absolute Gasteiger partial charge is 0.139 e. The van der Waals surface area contributed by atoms with Crippen molar-refractivity contribution in [3.8, 4) is 5.75 Å². The Bertz CT molecular complexity index is 621. The highest BCUT2D eigenvalue weighted by atomic mass is 79.9. The van der Waals surface area contributed by atoms with Gasteiger partial charge in [0, 0.05) is 15.5 Å². The summed E-state index contributed by atoms with van der Waals surface area (Å²) in [5.74, 6) is 0.605. The van der Waals surface area contributed by atoms with E-state index in [0.717, 1.165) is 16.5 Å². The van der Waals surface area contributed by atoms with Crippen molar-refractivity contribution in [1.82, 2.24) is 0 Å². The molecular weight excluding hydrogens is 373 g/mol. The van der Waals surface area contributed by atoms with Crippen molar-refractivity contribution in [2.24, 2.45) is 5.73 Å². The minimum absolute atomic E-state index is 0.150. The predicted molar refractivity (Wildman–Crippen MR) is 92.2 cm³/mol. The normalized spacial score (nSPS) is 13.8. The maximum atomic E-state index is 6.22. The van der Waals surface area contributed by atoms with Crippen molar-refractivity contribution in [2.45, 2.75) is 25.5 Å². The molecule has 0 fully saturated rings. The average molecular weight is 389 g/mol. The Morgan fingerprint density at radius 2 is 1.95 bits per heavy atom.